The van der Waals surface area contributed by atoms with Gasteiger partial charge in [0, 0.05) is 12.6 Å². The zero-order valence-corrected chi connectivity index (χ0v) is 17.3. The molecule has 1 aromatic rings. The Balaban J connectivity index is 1.31. The molecule has 1 amide bonds. The summed E-state index contributed by atoms with van der Waals surface area (Å²) in [6.45, 7) is 3.16. The minimum Gasteiger partial charge on any atom is -0.351 e. The maximum atomic E-state index is 13.8. The van der Waals surface area contributed by atoms with Crippen molar-refractivity contribution in [2.45, 2.75) is 62.8 Å². The number of benzene rings is 1. The fraction of sp³-hybridized carbons (Fsp3) is 0.720. The topological polar surface area (TPSA) is 32.3 Å². The number of carbonyl (C=O) groups excluding carboxylic acids is 1. The van der Waals surface area contributed by atoms with Gasteiger partial charge in [0.25, 0.3) is 0 Å². The fourth-order valence-corrected chi connectivity index (χ4v) is 8.60. The van der Waals surface area contributed by atoms with Crippen LogP contribution in [-0.2, 0) is 10.2 Å². The zero-order chi connectivity index (χ0) is 19.7. The Morgan fingerprint density at radius 3 is 2.59 bits per heavy atom. The molecular formula is C25H33FN2O. The number of hydrogen-bond donors (Lipinski definition) is 1. The van der Waals surface area contributed by atoms with Crippen LogP contribution in [0.15, 0.2) is 30.3 Å². The van der Waals surface area contributed by atoms with Gasteiger partial charge in [-0.3, -0.25) is 9.18 Å². The Labute approximate surface area is 173 Å². The van der Waals surface area contributed by atoms with Crippen LogP contribution in [0.3, 0.4) is 0 Å². The van der Waals surface area contributed by atoms with Gasteiger partial charge in [0.2, 0.25) is 5.91 Å². The predicted molar refractivity (Wildman–Crippen MR) is 111 cm³/mol. The number of amides is 1. The van der Waals surface area contributed by atoms with E-state index in [4.69, 9.17) is 0 Å². The van der Waals surface area contributed by atoms with Gasteiger partial charge in [-0.25, -0.2) is 0 Å². The molecule has 8 rings (SSSR count). The second-order valence-corrected chi connectivity index (χ2v) is 11.1. The van der Waals surface area contributed by atoms with E-state index in [-0.39, 0.29) is 22.9 Å². The summed E-state index contributed by atoms with van der Waals surface area (Å²) >= 11 is 0. The highest BCUT2D eigenvalue weighted by molar-refractivity contribution is 5.84. The highest BCUT2D eigenvalue weighted by atomic mass is 19.1. The van der Waals surface area contributed by atoms with Gasteiger partial charge in [-0.2, -0.15) is 0 Å². The van der Waals surface area contributed by atoms with Crippen LogP contribution in [0.2, 0.25) is 0 Å². The standard InChI is InChI=1S/C25H33FN2O/c26-9-8-23-15-24(19-4-2-1-3-5-19)12-20(23)13-25(16-23,17-24)22(29)27-21-14-28-10-6-18(21)7-11-28/h1-5,18,20-21H,6-17H2,(H,27,29)/t20?,21-,23+,24+,25?/m1/s1. The van der Waals surface area contributed by atoms with Crippen molar-refractivity contribution >= 4 is 5.91 Å². The van der Waals surface area contributed by atoms with Crippen LogP contribution in [0.1, 0.15) is 56.9 Å². The Bertz CT molecular complexity index is 806. The van der Waals surface area contributed by atoms with Crippen LogP contribution in [0.4, 0.5) is 4.39 Å². The Hall–Kier alpha value is -1.42. The number of carbonyl (C=O) groups is 1. The van der Waals surface area contributed by atoms with E-state index >= 15 is 0 Å². The van der Waals surface area contributed by atoms with Crippen molar-refractivity contribution in [3.05, 3.63) is 35.9 Å². The van der Waals surface area contributed by atoms with Crippen LogP contribution in [0.5, 0.6) is 0 Å². The van der Waals surface area contributed by atoms with Gasteiger partial charge in [-0.15, -0.1) is 0 Å². The van der Waals surface area contributed by atoms with Crippen molar-refractivity contribution in [1.82, 2.24) is 10.2 Å². The molecule has 6 bridgehead atoms. The number of alkyl halides is 1. The van der Waals surface area contributed by atoms with Crippen molar-refractivity contribution in [2.75, 3.05) is 26.3 Å². The predicted octanol–water partition coefficient (Wildman–Crippen LogP) is 4.07. The van der Waals surface area contributed by atoms with E-state index in [1.165, 1.54) is 31.5 Å². The molecule has 3 nitrogen and oxygen atoms in total. The Morgan fingerprint density at radius 2 is 1.90 bits per heavy atom. The fourth-order valence-electron chi connectivity index (χ4n) is 8.60. The molecule has 0 radical (unpaired) electrons. The van der Waals surface area contributed by atoms with E-state index in [1.807, 2.05) is 0 Å². The summed E-state index contributed by atoms with van der Waals surface area (Å²) in [5.41, 5.74) is 1.21. The van der Waals surface area contributed by atoms with Gasteiger partial charge < -0.3 is 10.2 Å². The molecule has 1 N–H and O–H groups in total. The molecule has 3 saturated heterocycles. The monoisotopic (exact) mass is 396 g/mol. The molecule has 4 aliphatic carbocycles. The summed E-state index contributed by atoms with van der Waals surface area (Å²) in [4.78, 5) is 16.3. The molecule has 0 aromatic heterocycles. The second kappa shape index (κ2) is 6.29. The van der Waals surface area contributed by atoms with Gasteiger partial charge in [-0.1, -0.05) is 30.3 Å². The molecule has 4 heteroatoms. The first-order chi connectivity index (χ1) is 14.1. The molecular weight excluding hydrogens is 363 g/mol. The number of halogens is 1. The normalized spacial score (nSPS) is 46.9. The van der Waals surface area contributed by atoms with E-state index in [0.29, 0.717) is 30.2 Å². The van der Waals surface area contributed by atoms with Gasteiger partial charge in [0.15, 0.2) is 0 Å². The third-order valence-electron chi connectivity index (χ3n) is 9.63. The van der Waals surface area contributed by atoms with E-state index in [2.05, 4.69) is 40.5 Å². The van der Waals surface area contributed by atoms with E-state index in [1.54, 1.807) is 0 Å². The molecule has 7 aliphatic rings. The second-order valence-electron chi connectivity index (χ2n) is 11.1. The third-order valence-corrected chi connectivity index (χ3v) is 9.63. The SMILES string of the molecule is O=C(N[C@@H]1CN2CCC1CC2)C12CC3C[C@@](c4ccccc4)(C1)C[C@@]3(CCF)C2. The van der Waals surface area contributed by atoms with Gasteiger partial charge in [0.05, 0.1) is 12.1 Å². The molecule has 2 unspecified atom stereocenters. The summed E-state index contributed by atoms with van der Waals surface area (Å²) in [6, 6.07) is 11.1. The maximum absolute atomic E-state index is 13.8. The summed E-state index contributed by atoms with van der Waals surface area (Å²) in [5, 5.41) is 3.53. The van der Waals surface area contributed by atoms with Crippen LogP contribution < -0.4 is 5.32 Å². The summed E-state index contributed by atoms with van der Waals surface area (Å²) in [7, 11) is 0. The van der Waals surface area contributed by atoms with Crippen LogP contribution in [0, 0.1) is 22.7 Å². The van der Waals surface area contributed by atoms with Gasteiger partial charge in [0.1, 0.15) is 0 Å². The van der Waals surface area contributed by atoms with Crippen molar-refractivity contribution in [1.29, 1.82) is 0 Å². The summed E-state index contributed by atoms with van der Waals surface area (Å²) in [6.07, 6.45) is 8.16. The Morgan fingerprint density at radius 1 is 1.10 bits per heavy atom. The first-order valence-electron chi connectivity index (χ1n) is 11.7. The average Bonchev–Trinajstić information content (AvgIpc) is 3.10. The number of piperidine rings is 3. The highest BCUT2D eigenvalue weighted by Gasteiger charge is 2.71. The van der Waals surface area contributed by atoms with Crippen LogP contribution in [-0.4, -0.2) is 43.2 Å². The van der Waals surface area contributed by atoms with Gasteiger partial charge in [-0.05, 0) is 92.7 Å². The first-order valence-corrected chi connectivity index (χ1v) is 11.7. The molecule has 1 aromatic carbocycles. The van der Waals surface area contributed by atoms with Crippen molar-refractivity contribution in [2.24, 2.45) is 22.7 Å². The van der Waals surface area contributed by atoms with Crippen LogP contribution >= 0.6 is 0 Å². The quantitative estimate of drug-likeness (QED) is 0.814. The maximum Gasteiger partial charge on any atom is 0.226 e. The number of nitrogens with one attached hydrogen (secondary N) is 1. The third kappa shape index (κ3) is 2.60. The summed E-state index contributed by atoms with van der Waals surface area (Å²) in [5.74, 6) is 1.45. The minimum absolute atomic E-state index is 0.0370. The lowest BCUT2D eigenvalue weighted by atomic mass is 9.56. The molecule has 156 valence electrons. The average molecular weight is 397 g/mol. The lowest BCUT2D eigenvalue weighted by Gasteiger charge is -2.49. The lowest BCUT2D eigenvalue weighted by Crippen LogP contribution is -2.60. The number of fused-ring (bicyclic) bond motifs is 3. The van der Waals surface area contributed by atoms with Crippen LogP contribution in [0.25, 0.3) is 0 Å². The largest absolute Gasteiger partial charge is 0.351 e. The Kier molecular flexibility index (Phi) is 3.98. The van der Waals surface area contributed by atoms with Crippen molar-refractivity contribution in [3.63, 3.8) is 0 Å². The molecule has 7 fully saturated rings. The molecule has 3 heterocycles. The van der Waals surface area contributed by atoms with Crippen molar-refractivity contribution < 1.29 is 9.18 Å². The lowest BCUT2D eigenvalue weighted by molar-refractivity contribution is -0.137. The van der Waals surface area contributed by atoms with E-state index < -0.39 is 0 Å². The van der Waals surface area contributed by atoms with E-state index in [0.717, 1.165) is 38.6 Å². The minimum atomic E-state index is -0.280. The first kappa shape index (κ1) is 18.4. The number of nitrogens with zero attached hydrogens (tertiary/aromatic N) is 1. The zero-order valence-electron chi connectivity index (χ0n) is 17.3. The molecule has 4 saturated carbocycles. The van der Waals surface area contributed by atoms with Gasteiger partial charge >= 0.3 is 0 Å². The molecule has 0 spiro atoms. The van der Waals surface area contributed by atoms with Crippen molar-refractivity contribution in [3.8, 4) is 0 Å². The number of hydrogen-bond acceptors (Lipinski definition) is 2. The smallest absolute Gasteiger partial charge is 0.226 e. The molecule has 29 heavy (non-hydrogen) atoms. The molecule has 3 aliphatic heterocycles. The summed E-state index contributed by atoms with van der Waals surface area (Å²) < 4.78 is 13.6. The van der Waals surface area contributed by atoms with E-state index in [9.17, 15) is 9.18 Å². The highest BCUT2D eigenvalue weighted by Crippen LogP contribution is 2.76. The number of rotatable bonds is 5. The molecule has 5 atom stereocenters.